The second-order valence-electron chi connectivity index (χ2n) is 3.88. The van der Waals surface area contributed by atoms with Crippen molar-refractivity contribution >= 4 is 0 Å². The molecule has 1 fully saturated rings. The van der Waals surface area contributed by atoms with Gasteiger partial charge in [0.1, 0.15) is 11.6 Å². The van der Waals surface area contributed by atoms with E-state index in [1.807, 2.05) is 0 Å². The fraction of sp³-hybridized carbons (Fsp3) is 0.500. The lowest BCUT2D eigenvalue weighted by molar-refractivity contribution is 0.187. The molecular formula is C12H16FNO. The van der Waals surface area contributed by atoms with Crippen LogP contribution in [0.2, 0.25) is 0 Å². The molecule has 1 unspecified atom stereocenters. The van der Waals surface area contributed by atoms with E-state index in [0.29, 0.717) is 5.75 Å². The maximum atomic E-state index is 12.9. The fourth-order valence-electron chi connectivity index (χ4n) is 1.84. The minimum atomic E-state index is -0.237. The van der Waals surface area contributed by atoms with Gasteiger partial charge in [0.2, 0.25) is 0 Å². The lowest BCUT2D eigenvalue weighted by atomic mass is 10.1. The van der Waals surface area contributed by atoms with Crippen molar-refractivity contribution in [3.05, 3.63) is 30.1 Å². The highest BCUT2D eigenvalue weighted by Crippen LogP contribution is 2.17. The molecule has 1 N–H and O–H groups in total. The zero-order valence-corrected chi connectivity index (χ0v) is 8.71. The SMILES string of the molecule is Fc1cccc(OC2CCCNCC2)c1. The van der Waals surface area contributed by atoms with Gasteiger partial charge in [-0.15, -0.1) is 0 Å². The van der Waals surface area contributed by atoms with Crippen molar-refractivity contribution in [2.45, 2.75) is 25.4 Å². The number of ether oxygens (including phenoxy) is 1. The monoisotopic (exact) mass is 209 g/mol. The number of nitrogens with one attached hydrogen (secondary N) is 1. The Morgan fingerprint density at radius 1 is 1.27 bits per heavy atom. The average Bonchev–Trinajstić information content (AvgIpc) is 2.46. The molecule has 0 saturated carbocycles. The third-order valence-corrected chi connectivity index (χ3v) is 2.62. The molecule has 15 heavy (non-hydrogen) atoms. The van der Waals surface area contributed by atoms with Gasteiger partial charge in [0.05, 0.1) is 6.10 Å². The zero-order chi connectivity index (χ0) is 10.5. The number of hydrogen-bond acceptors (Lipinski definition) is 2. The van der Waals surface area contributed by atoms with Gasteiger partial charge >= 0.3 is 0 Å². The van der Waals surface area contributed by atoms with Crippen molar-refractivity contribution < 1.29 is 9.13 Å². The Labute approximate surface area is 89.4 Å². The van der Waals surface area contributed by atoms with Gasteiger partial charge in [-0.05, 0) is 44.5 Å². The molecule has 1 atom stereocenters. The predicted octanol–water partition coefficient (Wildman–Crippen LogP) is 2.35. The first-order valence-corrected chi connectivity index (χ1v) is 5.47. The van der Waals surface area contributed by atoms with Gasteiger partial charge in [-0.1, -0.05) is 6.07 Å². The Kier molecular flexibility index (Phi) is 3.56. The summed E-state index contributed by atoms with van der Waals surface area (Å²) >= 11 is 0. The second kappa shape index (κ2) is 5.12. The molecule has 82 valence electrons. The van der Waals surface area contributed by atoms with Crippen LogP contribution in [0.3, 0.4) is 0 Å². The van der Waals surface area contributed by atoms with Crippen molar-refractivity contribution in [1.29, 1.82) is 0 Å². The molecule has 0 aromatic heterocycles. The summed E-state index contributed by atoms with van der Waals surface area (Å²) < 4.78 is 18.6. The lowest BCUT2D eigenvalue weighted by Crippen LogP contribution is -2.19. The summed E-state index contributed by atoms with van der Waals surface area (Å²) in [4.78, 5) is 0. The van der Waals surface area contributed by atoms with E-state index in [9.17, 15) is 4.39 Å². The average molecular weight is 209 g/mol. The minimum Gasteiger partial charge on any atom is -0.490 e. The Morgan fingerprint density at radius 2 is 2.20 bits per heavy atom. The molecule has 1 aromatic rings. The molecule has 1 aliphatic heterocycles. The number of rotatable bonds is 2. The lowest BCUT2D eigenvalue weighted by Gasteiger charge is -2.16. The fourth-order valence-corrected chi connectivity index (χ4v) is 1.84. The van der Waals surface area contributed by atoms with Crippen LogP contribution in [0, 0.1) is 5.82 Å². The van der Waals surface area contributed by atoms with Gasteiger partial charge in [-0.25, -0.2) is 4.39 Å². The van der Waals surface area contributed by atoms with Gasteiger partial charge in [0, 0.05) is 6.07 Å². The Bertz CT molecular complexity index is 308. The second-order valence-corrected chi connectivity index (χ2v) is 3.88. The molecule has 1 aliphatic rings. The smallest absolute Gasteiger partial charge is 0.126 e. The molecule has 0 aliphatic carbocycles. The molecule has 0 radical (unpaired) electrons. The largest absolute Gasteiger partial charge is 0.490 e. The minimum absolute atomic E-state index is 0.224. The van der Waals surface area contributed by atoms with E-state index in [1.54, 1.807) is 12.1 Å². The molecule has 1 aromatic carbocycles. The van der Waals surface area contributed by atoms with E-state index in [0.717, 1.165) is 32.4 Å². The van der Waals surface area contributed by atoms with Crippen LogP contribution in [0.5, 0.6) is 5.75 Å². The van der Waals surface area contributed by atoms with Crippen LogP contribution in [0.1, 0.15) is 19.3 Å². The maximum Gasteiger partial charge on any atom is 0.126 e. The van der Waals surface area contributed by atoms with Gasteiger partial charge in [0.25, 0.3) is 0 Å². The number of benzene rings is 1. The van der Waals surface area contributed by atoms with E-state index in [4.69, 9.17) is 4.74 Å². The highest BCUT2D eigenvalue weighted by Gasteiger charge is 2.13. The molecule has 0 bridgehead atoms. The Morgan fingerprint density at radius 3 is 3.07 bits per heavy atom. The molecule has 0 spiro atoms. The van der Waals surface area contributed by atoms with Crippen LogP contribution in [-0.4, -0.2) is 19.2 Å². The number of halogens is 1. The quantitative estimate of drug-likeness (QED) is 0.807. The van der Waals surface area contributed by atoms with Crippen molar-refractivity contribution in [2.24, 2.45) is 0 Å². The van der Waals surface area contributed by atoms with Gasteiger partial charge in [-0.3, -0.25) is 0 Å². The van der Waals surface area contributed by atoms with Gasteiger partial charge in [-0.2, -0.15) is 0 Å². The summed E-state index contributed by atoms with van der Waals surface area (Å²) in [5.74, 6) is 0.404. The summed E-state index contributed by atoms with van der Waals surface area (Å²) in [6.07, 6.45) is 3.39. The first-order valence-electron chi connectivity index (χ1n) is 5.47. The van der Waals surface area contributed by atoms with Crippen molar-refractivity contribution in [1.82, 2.24) is 5.32 Å². The summed E-state index contributed by atoms with van der Waals surface area (Å²) in [5, 5.41) is 3.32. The van der Waals surface area contributed by atoms with Crippen molar-refractivity contribution in [3.8, 4) is 5.75 Å². The molecule has 2 nitrogen and oxygen atoms in total. The molecule has 3 heteroatoms. The summed E-state index contributed by atoms with van der Waals surface area (Å²) in [6.45, 7) is 2.04. The van der Waals surface area contributed by atoms with E-state index in [2.05, 4.69) is 5.32 Å². The van der Waals surface area contributed by atoms with E-state index < -0.39 is 0 Å². The molecule has 1 heterocycles. The first-order chi connectivity index (χ1) is 7.34. The van der Waals surface area contributed by atoms with Crippen LogP contribution in [0.4, 0.5) is 4.39 Å². The number of hydrogen-bond donors (Lipinski definition) is 1. The zero-order valence-electron chi connectivity index (χ0n) is 8.71. The molecule has 2 rings (SSSR count). The van der Waals surface area contributed by atoms with Crippen LogP contribution in [-0.2, 0) is 0 Å². The summed E-state index contributed by atoms with van der Waals surface area (Å²) in [5.41, 5.74) is 0. The Balaban J connectivity index is 1.95. The van der Waals surface area contributed by atoms with Gasteiger partial charge in [0.15, 0.2) is 0 Å². The normalized spacial score (nSPS) is 22.1. The molecule has 1 saturated heterocycles. The van der Waals surface area contributed by atoms with Gasteiger partial charge < -0.3 is 10.1 Å². The van der Waals surface area contributed by atoms with Crippen molar-refractivity contribution in [3.63, 3.8) is 0 Å². The first kappa shape index (κ1) is 10.4. The third-order valence-electron chi connectivity index (χ3n) is 2.62. The van der Waals surface area contributed by atoms with E-state index in [-0.39, 0.29) is 11.9 Å². The van der Waals surface area contributed by atoms with Crippen LogP contribution in [0.25, 0.3) is 0 Å². The maximum absolute atomic E-state index is 12.9. The van der Waals surface area contributed by atoms with E-state index >= 15 is 0 Å². The van der Waals surface area contributed by atoms with Crippen molar-refractivity contribution in [2.75, 3.05) is 13.1 Å². The Hall–Kier alpha value is -1.09. The highest BCUT2D eigenvalue weighted by molar-refractivity contribution is 5.22. The molecule has 0 amide bonds. The predicted molar refractivity (Wildman–Crippen MR) is 57.5 cm³/mol. The van der Waals surface area contributed by atoms with Crippen LogP contribution in [0.15, 0.2) is 24.3 Å². The standard InChI is InChI=1S/C12H16FNO/c13-10-3-1-4-12(9-10)15-11-5-2-7-14-8-6-11/h1,3-4,9,11,14H,2,5-8H2. The third kappa shape index (κ3) is 3.20. The highest BCUT2D eigenvalue weighted by atomic mass is 19.1. The summed E-state index contributed by atoms with van der Waals surface area (Å²) in [6, 6.07) is 6.36. The van der Waals surface area contributed by atoms with Crippen LogP contribution < -0.4 is 10.1 Å². The summed E-state index contributed by atoms with van der Waals surface area (Å²) in [7, 11) is 0. The topological polar surface area (TPSA) is 21.3 Å². The van der Waals surface area contributed by atoms with Crippen LogP contribution >= 0.6 is 0 Å². The molecular weight excluding hydrogens is 193 g/mol. The van der Waals surface area contributed by atoms with E-state index in [1.165, 1.54) is 12.1 Å².